The molecule has 0 radical (unpaired) electrons. The topological polar surface area (TPSA) is 38.3 Å². The van der Waals surface area contributed by atoms with E-state index in [0.717, 1.165) is 19.3 Å². The van der Waals surface area contributed by atoms with Crippen LogP contribution in [0, 0.1) is 11.6 Å². The van der Waals surface area contributed by atoms with Gasteiger partial charge in [0.15, 0.2) is 11.6 Å². The molecule has 0 unspecified atom stereocenters. The van der Waals surface area contributed by atoms with Gasteiger partial charge >= 0.3 is 5.97 Å². The van der Waals surface area contributed by atoms with Gasteiger partial charge in [0, 0.05) is 0 Å². The second-order valence-electron chi connectivity index (χ2n) is 3.75. The summed E-state index contributed by atoms with van der Waals surface area (Å²) in [5, 5.41) is 2.28. The average Bonchev–Trinajstić information content (AvgIpc) is 2.45. The number of hydrogen-bond acceptors (Lipinski definition) is 3. The van der Waals surface area contributed by atoms with E-state index in [2.05, 4.69) is 39.1 Å². The van der Waals surface area contributed by atoms with E-state index in [1.165, 1.54) is 6.08 Å². The molecule has 0 aromatic heterocycles. The summed E-state index contributed by atoms with van der Waals surface area (Å²) in [5.41, 5.74) is -1.13. The fraction of sp³-hybridized carbons (Fsp3) is 0.0714. The number of allylic oxidation sites excluding steroid dienone is 3. The summed E-state index contributed by atoms with van der Waals surface area (Å²) in [6.07, 6.45) is 2.38. The molecular formula is C14H11BrF3NO2. The van der Waals surface area contributed by atoms with Crippen molar-refractivity contribution in [2.75, 3.05) is 12.4 Å². The Morgan fingerprint density at radius 1 is 1.43 bits per heavy atom. The van der Waals surface area contributed by atoms with Crippen LogP contribution in [0.3, 0.4) is 0 Å². The van der Waals surface area contributed by atoms with Gasteiger partial charge in [-0.1, -0.05) is 19.2 Å². The van der Waals surface area contributed by atoms with Crippen LogP contribution in [-0.2, 0) is 4.74 Å². The first-order valence-electron chi connectivity index (χ1n) is 5.53. The number of carbonyl (C=O) groups excluding carboxylic acids is 1. The molecule has 1 aromatic carbocycles. The molecule has 0 fully saturated rings. The highest BCUT2D eigenvalue weighted by Crippen LogP contribution is 2.31. The normalized spacial score (nSPS) is 11.0. The molecule has 0 amide bonds. The second kappa shape index (κ2) is 7.12. The molecule has 1 aromatic rings. The third kappa shape index (κ3) is 3.75. The van der Waals surface area contributed by atoms with Gasteiger partial charge in [-0.15, -0.1) is 0 Å². The average molecular weight is 362 g/mol. The third-order valence-electron chi connectivity index (χ3n) is 2.40. The molecule has 0 bridgehead atoms. The summed E-state index contributed by atoms with van der Waals surface area (Å²) in [6.45, 7) is 6.41. The number of carbonyl (C=O) groups is 1. The second-order valence-corrected chi connectivity index (χ2v) is 4.60. The Hall–Kier alpha value is -2.02. The SMILES string of the molecule is C=C/C=C(/Nc1c(C(=O)OC)cc(Br)c(F)c1F)C(=C)F. The zero-order chi connectivity index (χ0) is 16.2. The Balaban J connectivity index is 3.49. The maximum Gasteiger partial charge on any atom is 0.340 e. The number of ether oxygens (including phenoxy) is 1. The molecule has 0 heterocycles. The van der Waals surface area contributed by atoms with Crippen LogP contribution in [-0.4, -0.2) is 13.1 Å². The monoisotopic (exact) mass is 361 g/mol. The van der Waals surface area contributed by atoms with Gasteiger partial charge in [0.25, 0.3) is 0 Å². The lowest BCUT2D eigenvalue weighted by Gasteiger charge is -2.14. The van der Waals surface area contributed by atoms with Gasteiger partial charge in [-0.3, -0.25) is 0 Å². The zero-order valence-electron chi connectivity index (χ0n) is 11.0. The number of nitrogens with one attached hydrogen (secondary N) is 1. The molecule has 0 aliphatic carbocycles. The summed E-state index contributed by atoms with van der Waals surface area (Å²) >= 11 is 2.78. The molecular weight excluding hydrogens is 351 g/mol. The van der Waals surface area contributed by atoms with Gasteiger partial charge in [-0.25, -0.2) is 18.0 Å². The number of esters is 1. The molecule has 3 nitrogen and oxygen atoms in total. The van der Waals surface area contributed by atoms with Crippen molar-refractivity contribution in [3.8, 4) is 0 Å². The van der Waals surface area contributed by atoms with Crippen LogP contribution >= 0.6 is 15.9 Å². The molecule has 7 heteroatoms. The Kier molecular flexibility index (Phi) is 5.78. The van der Waals surface area contributed by atoms with Crippen molar-refractivity contribution >= 4 is 27.6 Å². The number of benzene rings is 1. The fourth-order valence-electron chi connectivity index (χ4n) is 1.44. The molecule has 112 valence electrons. The highest BCUT2D eigenvalue weighted by atomic mass is 79.9. The summed E-state index contributed by atoms with van der Waals surface area (Å²) in [5.74, 6) is -4.44. The smallest absolute Gasteiger partial charge is 0.340 e. The van der Waals surface area contributed by atoms with Crippen molar-refractivity contribution in [2.24, 2.45) is 0 Å². The van der Waals surface area contributed by atoms with Crippen molar-refractivity contribution in [1.29, 1.82) is 0 Å². The van der Waals surface area contributed by atoms with Crippen molar-refractivity contribution in [2.45, 2.75) is 0 Å². The number of hydrogen-bond donors (Lipinski definition) is 1. The lowest BCUT2D eigenvalue weighted by Crippen LogP contribution is -2.12. The third-order valence-corrected chi connectivity index (χ3v) is 2.98. The lowest BCUT2D eigenvalue weighted by molar-refractivity contribution is 0.0601. The summed E-state index contributed by atoms with van der Waals surface area (Å²) < 4.78 is 45.1. The van der Waals surface area contributed by atoms with E-state index in [9.17, 15) is 18.0 Å². The van der Waals surface area contributed by atoms with E-state index in [-0.39, 0.29) is 15.7 Å². The first-order valence-corrected chi connectivity index (χ1v) is 6.33. The van der Waals surface area contributed by atoms with Gasteiger partial charge in [0.2, 0.25) is 0 Å². The van der Waals surface area contributed by atoms with E-state index in [1.807, 2.05) is 0 Å². The maximum atomic E-state index is 14.0. The maximum absolute atomic E-state index is 14.0. The molecule has 0 saturated carbocycles. The van der Waals surface area contributed by atoms with E-state index in [1.54, 1.807) is 0 Å². The quantitative estimate of drug-likeness (QED) is 0.477. The van der Waals surface area contributed by atoms with Crippen LogP contribution in [0.2, 0.25) is 0 Å². The molecule has 1 N–H and O–H groups in total. The minimum Gasteiger partial charge on any atom is -0.465 e. The van der Waals surface area contributed by atoms with E-state index < -0.39 is 29.1 Å². The Morgan fingerprint density at radius 3 is 2.52 bits per heavy atom. The van der Waals surface area contributed by atoms with Crippen LogP contribution in [0.1, 0.15) is 10.4 Å². The number of methoxy groups -OCH3 is 1. The molecule has 0 atom stereocenters. The van der Waals surface area contributed by atoms with Gasteiger partial charge in [-0.05, 0) is 28.1 Å². The van der Waals surface area contributed by atoms with E-state index in [0.29, 0.717) is 0 Å². The molecule has 0 aliphatic rings. The van der Waals surface area contributed by atoms with Gasteiger partial charge < -0.3 is 10.1 Å². The lowest BCUT2D eigenvalue weighted by atomic mass is 10.1. The predicted octanol–water partition coefficient (Wildman–Crippen LogP) is 4.48. The Bertz CT molecular complexity index is 642. The van der Waals surface area contributed by atoms with Gasteiger partial charge in [-0.2, -0.15) is 0 Å². The van der Waals surface area contributed by atoms with Crippen LogP contribution in [0.25, 0.3) is 0 Å². The van der Waals surface area contributed by atoms with Crippen molar-refractivity contribution < 1.29 is 22.7 Å². The summed E-state index contributed by atoms with van der Waals surface area (Å²) in [4.78, 5) is 11.6. The Morgan fingerprint density at radius 2 is 2.05 bits per heavy atom. The first-order chi connectivity index (χ1) is 9.83. The molecule has 21 heavy (non-hydrogen) atoms. The van der Waals surface area contributed by atoms with Crippen LogP contribution in [0.5, 0.6) is 0 Å². The molecule has 0 aliphatic heterocycles. The van der Waals surface area contributed by atoms with Crippen molar-refractivity contribution in [3.05, 3.63) is 64.6 Å². The number of anilines is 1. The van der Waals surface area contributed by atoms with E-state index >= 15 is 0 Å². The summed E-state index contributed by atoms with van der Waals surface area (Å²) in [7, 11) is 1.08. The molecule has 0 spiro atoms. The van der Waals surface area contributed by atoms with Crippen LogP contribution < -0.4 is 5.32 Å². The predicted molar refractivity (Wildman–Crippen MR) is 77.5 cm³/mol. The van der Waals surface area contributed by atoms with Crippen LogP contribution in [0.4, 0.5) is 18.9 Å². The highest BCUT2D eigenvalue weighted by molar-refractivity contribution is 9.10. The number of halogens is 4. The van der Waals surface area contributed by atoms with Crippen molar-refractivity contribution in [3.63, 3.8) is 0 Å². The van der Waals surface area contributed by atoms with Gasteiger partial charge in [0.05, 0.1) is 28.5 Å². The molecule has 0 saturated heterocycles. The zero-order valence-corrected chi connectivity index (χ0v) is 12.6. The largest absolute Gasteiger partial charge is 0.465 e. The highest BCUT2D eigenvalue weighted by Gasteiger charge is 2.23. The summed E-state index contributed by atoms with van der Waals surface area (Å²) in [6, 6.07) is 1.03. The molecule has 1 rings (SSSR count). The van der Waals surface area contributed by atoms with Gasteiger partial charge in [0.1, 0.15) is 5.83 Å². The minimum atomic E-state index is -1.36. The van der Waals surface area contributed by atoms with Crippen LogP contribution in [0.15, 0.2) is 47.4 Å². The standard InChI is InChI=1S/C14H11BrF3NO2/c1-4-5-10(7(2)16)19-13-8(14(20)21-3)6-9(15)11(17)12(13)18/h4-6,19H,1-2H2,3H3/b10-5+. The Labute approximate surface area is 127 Å². The fourth-order valence-corrected chi connectivity index (χ4v) is 1.84. The van der Waals surface area contributed by atoms with E-state index in [4.69, 9.17) is 0 Å². The number of rotatable bonds is 5. The van der Waals surface area contributed by atoms with Crippen molar-refractivity contribution in [1.82, 2.24) is 0 Å². The minimum absolute atomic E-state index is 0.265. The first kappa shape index (κ1) is 17.0.